The molecule has 0 saturated heterocycles. The van der Waals surface area contributed by atoms with E-state index in [1.165, 1.54) is 6.42 Å². The Labute approximate surface area is 97.9 Å². The van der Waals surface area contributed by atoms with Gasteiger partial charge < -0.3 is 15.8 Å². The van der Waals surface area contributed by atoms with Crippen molar-refractivity contribution in [2.75, 3.05) is 13.1 Å². The summed E-state index contributed by atoms with van der Waals surface area (Å²) in [6, 6.07) is 0. The molecule has 1 amide bonds. The van der Waals surface area contributed by atoms with Gasteiger partial charge in [-0.3, -0.25) is 0 Å². The highest BCUT2D eigenvalue weighted by Crippen LogP contribution is 2.29. The van der Waals surface area contributed by atoms with E-state index in [0.717, 1.165) is 19.4 Å². The summed E-state index contributed by atoms with van der Waals surface area (Å²) >= 11 is 0. The van der Waals surface area contributed by atoms with E-state index in [0.29, 0.717) is 18.4 Å². The quantitative estimate of drug-likeness (QED) is 0.775. The summed E-state index contributed by atoms with van der Waals surface area (Å²) in [5.74, 6) is 1.21. The average Bonchev–Trinajstić information content (AvgIpc) is 2.59. The molecule has 0 aromatic rings. The second kappa shape index (κ2) is 5.53. The molecule has 0 spiro atoms. The fourth-order valence-corrected chi connectivity index (χ4v) is 2.12. The zero-order valence-corrected chi connectivity index (χ0v) is 10.6. The second-order valence-corrected chi connectivity index (χ2v) is 5.66. The van der Waals surface area contributed by atoms with Gasteiger partial charge >= 0.3 is 6.09 Å². The highest BCUT2D eigenvalue weighted by atomic mass is 16.6. The van der Waals surface area contributed by atoms with Gasteiger partial charge in [0.2, 0.25) is 0 Å². The number of ether oxygens (including phenoxy) is 1. The molecule has 0 aromatic heterocycles. The van der Waals surface area contributed by atoms with Gasteiger partial charge in [-0.25, -0.2) is 4.79 Å². The van der Waals surface area contributed by atoms with Crippen molar-refractivity contribution < 1.29 is 9.53 Å². The normalized spacial score (nSPS) is 25.5. The zero-order valence-electron chi connectivity index (χ0n) is 10.6. The maximum Gasteiger partial charge on any atom is 0.407 e. The third-order valence-corrected chi connectivity index (χ3v) is 2.92. The molecule has 16 heavy (non-hydrogen) atoms. The Morgan fingerprint density at radius 3 is 2.50 bits per heavy atom. The molecular weight excluding hydrogens is 204 g/mol. The first kappa shape index (κ1) is 13.3. The summed E-state index contributed by atoms with van der Waals surface area (Å²) in [6.45, 7) is 7.08. The zero-order chi connectivity index (χ0) is 12.2. The monoisotopic (exact) mass is 228 g/mol. The molecule has 0 bridgehead atoms. The number of nitrogens with two attached hydrogens (primary N) is 1. The molecule has 1 rings (SSSR count). The molecule has 2 atom stereocenters. The van der Waals surface area contributed by atoms with E-state index in [9.17, 15) is 4.79 Å². The molecule has 1 unspecified atom stereocenters. The van der Waals surface area contributed by atoms with Gasteiger partial charge in [-0.2, -0.15) is 0 Å². The van der Waals surface area contributed by atoms with Crippen LogP contribution in [0.3, 0.4) is 0 Å². The van der Waals surface area contributed by atoms with E-state index in [2.05, 4.69) is 5.32 Å². The summed E-state index contributed by atoms with van der Waals surface area (Å²) in [5.41, 5.74) is 5.21. The molecule has 1 aliphatic rings. The van der Waals surface area contributed by atoms with Crippen LogP contribution in [0, 0.1) is 11.8 Å². The van der Waals surface area contributed by atoms with Gasteiger partial charge in [-0.1, -0.05) is 0 Å². The van der Waals surface area contributed by atoms with Crippen LogP contribution in [0.15, 0.2) is 0 Å². The Bertz CT molecular complexity index is 236. The van der Waals surface area contributed by atoms with E-state index < -0.39 is 5.60 Å². The number of amides is 1. The predicted octanol–water partition coefficient (Wildman–Crippen LogP) is 1.89. The first-order valence-electron chi connectivity index (χ1n) is 6.07. The summed E-state index contributed by atoms with van der Waals surface area (Å²) in [5, 5.41) is 2.82. The molecule has 1 saturated carbocycles. The lowest BCUT2D eigenvalue weighted by atomic mass is 10.1. The topological polar surface area (TPSA) is 64.3 Å². The molecule has 0 heterocycles. The number of carbonyl (C=O) groups excluding carboxylic acids is 1. The van der Waals surface area contributed by atoms with Crippen molar-refractivity contribution in [3.05, 3.63) is 0 Å². The molecule has 1 aliphatic carbocycles. The minimum atomic E-state index is -0.417. The molecule has 0 aromatic carbocycles. The van der Waals surface area contributed by atoms with Crippen molar-refractivity contribution in [2.24, 2.45) is 17.6 Å². The highest BCUT2D eigenvalue weighted by Gasteiger charge is 2.24. The number of hydrogen-bond acceptors (Lipinski definition) is 3. The molecule has 4 heteroatoms. The Morgan fingerprint density at radius 1 is 1.38 bits per heavy atom. The van der Waals surface area contributed by atoms with E-state index >= 15 is 0 Å². The van der Waals surface area contributed by atoms with E-state index in [1.807, 2.05) is 20.8 Å². The molecule has 4 nitrogen and oxygen atoms in total. The molecule has 94 valence electrons. The summed E-state index contributed by atoms with van der Waals surface area (Å²) in [7, 11) is 0. The van der Waals surface area contributed by atoms with Crippen molar-refractivity contribution >= 4 is 6.09 Å². The van der Waals surface area contributed by atoms with E-state index in [4.69, 9.17) is 10.5 Å². The van der Waals surface area contributed by atoms with Gasteiger partial charge in [0.1, 0.15) is 5.60 Å². The van der Waals surface area contributed by atoms with Crippen LogP contribution in [0.25, 0.3) is 0 Å². The van der Waals surface area contributed by atoms with Gasteiger partial charge in [0.15, 0.2) is 0 Å². The van der Waals surface area contributed by atoms with Crippen LogP contribution in [-0.4, -0.2) is 24.8 Å². The lowest BCUT2D eigenvalue weighted by Crippen LogP contribution is -2.35. The summed E-state index contributed by atoms with van der Waals surface area (Å²) < 4.78 is 5.18. The fourth-order valence-electron chi connectivity index (χ4n) is 2.12. The Kier molecular flexibility index (Phi) is 4.59. The van der Waals surface area contributed by atoms with Crippen LogP contribution < -0.4 is 11.1 Å². The van der Waals surface area contributed by atoms with Crippen molar-refractivity contribution in [1.82, 2.24) is 5.32 Å². The van der Waals surface area contributed by atoms with Gasteiger partial charge in [0, 0.05) is 6.54 Å². The van der Waals surface area contributed by atoms with Gasteiger partial charge in [0.05, 0.1) is 0 Å². The molecular formula is C12H24N2O2. The Balaban J connectivity index is 2.18. The number of carbonyl (C=O) groups is 1. The van der Waals surface area contributed by atoms with Crippen molar-refractivity contribution in [3.63, 3.8) is 0 Å². The van der Waals surface area contributed by atoms with Gasteiger partial charge in [0.25, 0.3) is 0 Å². The first-order valence-corrected chi connectivity index (χ1v) is 6.07. The largest absolute Gasteiger partial charge is 0.444 e. The maximum atomic E-state index is 11.4. The second-order valence-electron chi connectivity index (χ2n) is 5.66. The van der Waals surface area contributed by atoms with Gasteiger partial charge in [-0.05, 0) is 58.4 Å². The Hall–Kier alpha value is -0.770. The maximum absolute atomic E-state index is 11.4. The molecule has 1 fully saturated rings. The smallest absolute Gasteiger partial charge is 0.407 e. The fraction of sp³-hybridized carbons (Fsp3) is 0.917. The van der Waals surface area contributed by atoms with Gasteiger partial charge in [-0.15, -0.1) is 0 Å². The first-order chi connectivity index (χ1) is 7.40. The molecule has 3 N–H and O–H groups in total. The minimum Gasteiger partial charge on any atom is -0.444 e. The third-order valence-electron chi connectivity index (χ3n) is 2.92. The Morgan fingerprint density at radius 2 is 2.00 bits per heavy atom. The number of rotatable bonds is 3. The SMILES string of the molecule is CC(C)(C)OC(=O)NCC1CC[C@@H](CN)C1. The third kappa shape index (κ3) is 4.84. The minimum absolute atomic E-state index is 0.316. The number of nitrogens with one attached hydrogen (secondary N) is 1. The molecule has 0 radical (unpaired) electrons. The van der Waals surface area contributed by atoms with Crippen LogP contribution >= 0.6 is 0 Å². The van der Waals surface area contributed by atoms with Crippen LogP contribution in [0.2, 0.25) is 0 Å². The van der Waals surface area contributed by atoms with Crippen LogP contribution in [0.5, 0.6) is 0 Å². The summed E-state index contributed by atoms with van der Waals surface area (Å²) in [6.07, 6.45) is 3.17. The van der Waals surface area contributed by atoms with E-state index in [-0.39, 0.29) is 6.09 Å². The lowest BCUT2D eigenvalue weighted by molar-refractivity contribution is 0.0519. The predicted molar refractivity (Wildman–Crippen MR) is 64.1 cm³/mol. The van der Waals surface area contributed by atoms with Crippen LogP contribution in [0.1, 0.15) is 40.0 Å². The van der Waals surface area contributed by atoms with E-state index in [1.54, 1.807) is 0 Å². The lowest BCUT2D eigenvalue weighted by Gasteiger charge is -2.20. The number of hydrogen-bond donors (Lipinski definition) is 2. The summed E-state index contributed by atoms with van der Waals surface area (Å²) in [4.78, 5) is 11.4. The highest BCUT2D eigenvalue weighted by molar-refractivity contribution is 5.67. The number of alkyl carbamates (subject to hydrolysis) is 1. The van der Waals surface area contributed by atoms with Crippen LogP contribution in [-0.2, 0) is 4.74 Å². The van der Waals surface area contributed by atoms with Crippen LogP contribution in [0.4, 0.5) is 4.79 Å². The van der Waals surface area contributed by atoms with Crippen molar-refractivity contribution in [3.8, 4) is 0 Å². The van der Waals surface area contributed by atoms with Crippen molar-refractivity contribution in [2.45, 2.75) is 45.6 Å². The average molecular weight is 228 g/mol. The van der Waals surface area contributed by atoms with Crippen molar-refractivity contribution in [1.29, 1.82) is 0 Å². The molecule has 0 aliphatic heterocycles. The standard InChI is InChI=1S/C12H24N2O2/c1-12(2,3)16-11(15)14-8-10-5-4-9(6-10)7-13/h9-10H,4-8,13H2,1-3H3,(H,14,15)/t9-,10?/m1/s1.